The molecule has 0 amide bonds. The fourth-order valence-electron chi connectivity index (χ4n) is 5.41. The van der Waals surface area contributed by atoms with Gasteiger partial charge in [-0.25, -0.2) is 14.0 Å². The molecule has 0 aliphatic rings. The molecule has 1 atom stereocenters. The molecule has 0 heterocycles. The average Bonchev–Trinajstić information content (AvgIpc) is 3.08. The Hall–Kier alpha value is -3.74. The third-order valence-corrected chi connectivity index (χ3v) is 8.32. The molecule has 0 bridgehead atoms. The summed E-state index contributed by atoms with van der Waals surface area (Å²) in [5.41, 5.74) is 1.46. The van der Waals surface area contributed by atoms with E-state index in [0.29, 0.717) is 13.0 Å². The number of carbonyl (C=O) groups is 2. The van der Waals surface area contributed by atoms with Crippen molar-refractivity contribution in [3.8, 4) is 22.6 Å². The SMILES string of the molecule is CCCCCCCCCCCCOc1ccc(-c2ccc(C(=O)Oc3ccc(C(=O)O[C@@H](C)CCCCCC)c(F)c3F)cc2)cc1. The van der Waals surface area contributed by atoms with E-state index >= 15 is 0 Å². The van der Waals surface area contributed by atoms with Crippen molar-refractivity contribution in [2.45, 2.75) is 123 Å². The topological polar surface area (TPSA) is 61.8 Å². The maximum atomic E-state index is 14.8. The Morgan fingerprint density at radius 1 is 0.617 bits per heavy atom. The molecule has 0 saturated carbocycles. The number of benzene rings is 3. The Bertz CT molecular complexity index is 1350. The molecule has 7 heteroatoms. The summed E-state index contributed by atoms with van der Waals surface area (Å²) >= 11 is 0. The van der Waals surface area contributed by atoms with Crippen LogP contribution in [0, 0.1) is 11.6 Å². The van der Waals surface area contributed by atoms with Gasteiger partial charge >= 0.3 is 11.9 Å². The van der Waals surface area contributed by atoms with Crippen LogP contribution in [0.15, 0.2) is 60.7 Å². The maximum Gasteiger partial charge on any atom is 0.343 e. The normalized spacial score (nSPS) is 11.7. The zero-order valence-corrected chi connectivity index (χ0v) is 28.5. The number of unbranched alkanes of at least 4 members (excludes halogenated alkanes) is 12. The first-order chi connectivity index (χ1) is 22.8. The predicted molar refractivity (Wildman–Crippen MR) is 184 cm³/mol. The lowest BCUT2D eigenvalue weighted by Gasteiger charge is -2.14. The van der Waals surface area contributed by atoms with Gasteiger partial charge in [-0.15, -0.1) is 0 Å². The van der Waals surface area contributed by atoms with Crippen LogP contribution in [0.3, 0.4) is 0 Å². The monoisotopic (exact) mass is 650 g/mol. The Morgan fingerprint density at radius 2 is 1.15 bits per heavy atom. The fourth-order valence-corrected chi connectivity index (χ4v) is 5.41. The largest absolute Gasteiger partial charge is 0.494 e. The van der Waals surface area contributed by atoms with Crippen molar-refractivity contribution in [3.05, 3.63) is 83.4 Å². The summed E-state index contributed by atoms with van der Waals surface area (Å²) < 4.78 is 45.8. The summed E-state index contributed by atoms with van der Waals surface area (Å²) in [5.74, 6) is -4.42. The first-order valence-electron chi connectivity index (χ1n) is 17.6. The van der Waals surface area contributed by atoms with Gasteiger partial charge in [0.1, 0.15) is 5.75 Å². The van der Waals surface area contributed by atoms with E-state index in [1.807, 2.05) is 24.3 Å². The van der Waals surface area contributed by atoms with Crippen molar-refractivity contribution in [2.75, 3.05) is 6.61 Å². The number of esters is 2. The van der Waals surface area contributed by atoms with Gasteiger partial charge in [-0.3, -0.25) is 0 Å². The summed E-state index contributed by atoms with van der Waals surface area (Å²) in [7, 11) is 0. The first-order valence-corrected chi connectivity index (χ1v) is 17.6. The van der Waals surface area contributed by atoms with Crippen molar-refractivity contribution in [1.82, 2.24) is 0 Å². The molecular formula is C40H52F2O5. The van der Waals surface area contributed by atoms with E-state index in [9.17, 15) is 18.4 Å². The Balaban J connectivity index is 1.44. The second kappa shape index (κ2) is 21.2. The van der Waals surface area contributed by atoms with E-state index in [2.05, 4.69) is 13.8 Å². The molecular weight excluding hydrogens is 598 g/mol. The lowest BCUT2D eigenvalue weighted by molar-refractivity contribution is 0.0313. The summed E-state index contributed by atoms with van der Waals surface area (Å²) in [6.45, 7) is 6.77. The third-order valence-electron chi connectivity index (χ3n) is 8.32. The molecule has 0 N–H and O–H groups in total. The van der Waals surface area contributed by atoms with Crippen molar-refractivity contribution in [1.29, 1.82) is 0 Å². The molecule has 0 aliphatic carbocycles. The van der Waals surface area contributed by atoms with Crippen LogP contribution in [0.5, 0.6) is 11.5 Å². The quantitative estimate of drug-likeness (QED) is 0.0615. The van der Waals surface area contributed by atoms with Crippen LogP contribution < -0.4 is 9.47 Å². The van der Waals surface area contributed by atoms with Crippen molar-refractivity contribution >= 4 is 11.9 Å². The predicted octanol–water partition coefficient (Wildman–Crippen LogP) is 11.7. The number of ether oxygens (including phenoxy) is 3. The molecule has 0 saturated heterocycles. The second-order valence-electron chi connectivity index (χ2n) is 12.3. The van der Waals surface area contributed by atoms with Gasteiger partial charge in [-0.05, 0) is 73.7 Å². The summed E-state index contributed by atoms with van der Waals surface area (Å²) in [4.78, 5) is 25.1. The zero-order valence-electron chi connectivity index (χ0n) is 28.5. The minimum absolute atomic E-state index is 0.172. The maximum absolute atomic E-state index is 14.8. The number of hydrogen-bond acceptors (Lipinski definition) is 5. The second-order valence-corrected chi connectivity index (χ2v) is 12.3. The standard InChI is InChI=1S/C40H52F2O5/c1-4-6-8-10-11-12-13-14-15-17-29-45-34-25-23-32(24-26-34)31-19-21-33(22-20-31)39(43)47-36-28-27-35(37(41)38(36)42)40(44)46-30(3)18-16-9-7-5-2/h19-28,30H,4-18,29H2,1-3H3/t30-/m0/s1. The number of hydrogen-bond donors (Lipinski definition) is 0. The lowest BCUT2D eigenvalue weighted by Crippen LogP contribution is -2.17. The van der Waals surface area contributed by atoms with Crippen LogP contribution in [0.25, 0.3) is 11.1 Å². The number of rotatable bonds is 22. The highest BCUT2D eigenvalue weighted by atomic mass is 19.2. The molecule has 47 heavy (non-hydrogen) atoms. The highest BCUT2D eigenvalue weighted by Crippen LogP contribution is 2.27. The highest BCUT2D eigenvalue weighted by molar-refractivity contribution is 5.92. The van der Waals surface area contributed by atoms with Gasteiger partial charge in [-0.1, -0.05) is 115 Å². The third kappa shape index (κ3) is 13.1. The molecule has 0 spiro atoms. The van der Waals surface area contributed by atoms with Crippen LogP contribution in [0.2, 0.25) is 0 Å². The van der Waals surface area contributed by atoms with Crippen molar-refractivity contribution < 1.29 is 32.6 Å². The van der Waals surface area contributed by atoms with E-state index in [-0.39, 0.29) is 5.56 Å². The molecule has 0 unspecified atom stereocenters. The van der Waals surface area contributed by atoms with Gasteiger partial charge in [-0.2, -0.15) is 4.39 Å². The molecule has 0 fully saturated rings. The number of carbonyl (C=O) groups excluding carboxylic acids is 2. The van der Waals surface area contributed by atoms with E-state index < -0.39 is 41.0 Å². The molecule has 3 aromatic carbocycles. The Labute approximate surface area is 280 Å². The van der Waals surface area contributed by atoms with Gasteiger partial charge in [0, 0.05) is 0 Å². The van der Waals surface area contributed by atoms with Gasteiger partial charge in [0.2, 0.25) is 5.82 Å². The molecule has 0 aromatic heterocycles. The van der Waals surface area contributed by atoms with Crippen LogP contribution in [-0.4, -0.2) is 24.6 Å². The van der Waals surface area contributed by atoms with E-state index in [1.165, 1.54) is 57.8 Å². The highest BCUT2D eigenvalue weighted by Gasteiger charge is 2.23. The van der Waals surface area contributed by atoms with Crippen LogP contribution in [0.4, 0.5) is 8.78 Å². The van der Waals surface area contributed by atoms with Gasteiger partial charge in [0.05, 0.1) is 23.8 Å². The Kier molecular flexibility index (Phi) is 17.0. The molecule has 5 nitrogen and oxygen atoms in total. The zero-order chi connectivity index (χ0) is 33.9. The summed E-state index contributed by atoms with van der Waals surface area (Å²) in [5, 5.41) is 0. The Morgan fingerprint density at radius 3 is 1.74 bits per heavy atom. The molecule has 0 aliphatic heterocycles. The van der Waals surface area contributed by atoms with Crippen LogP contribution in [-0.2, 0) is 4.74 Å². The molecule has 256 valence electrons. The van der Waals surface area contributed by atoms with Crippen molar-refractivity contribution in [2.24, 2.45) is 0 Å². The van der Waals surface area contributed by atoms with Gasteiger partial charge in [0.15, 0.2) is 11.6 Å². The smallest absolute Gasteiger partial charge is 0.343 e. The number of halogens is 2. The average molecular weight is 651 g/mol. The van der Waals surface area contributed by atoms with E-state index in [1.54, 1.807) is 31.2 Å². The van der Waals surface area contributed by atoms with Gasteiger partial charge in [0.25, 0.3) is 0 Å². The van der Waals surface area contributed by atoms with Gasteiger partial charge < -0.3 is 14.2 Å². The molecule has 3 rings (SSSR count). The van der Waals surface area contributed by atoms with Crippen molar-refractivity contribution in [3.63, 3.8) is 0 Å². The summed E-state index contributed by atoms with van der Waals surface area (Å²) in [6, 6.07) is 16.6. The minimum Gasteiger partial charge on any atom is -0.494 e. The van der Waals surface area contributed by atoms with Crippen LogP contribution >= 0.6 is 0 Å². The minimum atomic E-state index is -1.42. The van der Waals surface area contributed by atoms with E-state index in [0.717, 1.165) is 61.1 Å². The van der Waals surface area contributed by atoms with Crippen LogP contribution in [0.1, 0.15) is 138 Å². The van der Waals surface area contributed by atoms with E-state index in [4.69, 9.17) is 14.2 Å². The first kappa shape index (κ1) is 37.7. The summed E-state index contributed by atoms with van der Waals surface area (Å²) in [6.07, 6.45) is 17.2. The fraction of sp³-hybridized carbons (Fsp3) is 0.500. The molecule has 3 aromatic rings. The lowest BCUT2D eigenvalue weighted by atomic mass is 10.0. The molecule has 0 radical (unpaired) electrons.